The molecule has 0 saturated carbocycles. The molecule has 0 unspecified atom stereocenters. The van der Waals surface area contributed by atoms with Crippen LogP contribution in [0, 0.1) is 12.8 Å². The molecule has 0 spiro atoms. The summed E-state index contributed by atoms with van der Waals surface area (Å²) in [5, 5.41) is 21.0. The Hall–Kier alpha value is -1.59. The summed E-state index contributed by atoms with van der Waals surface area (Å²) in [5.41, 5.74) is 0. The van der Waals surface area contributed by atoms with Crippen molar-refractivity contribution in [2.75, 3.05) is 32.9 Å². The molecule has 11 heteroatoms. The van der Waals surface area contributed by atoms with Crippen molar-refractivity contribution in [3.05, 3.63) is 5.82 Å². The summed E-state index contributed by atoms with van der Waals surface area (Å²) in [4.78, 5) is 13.7. The molecule has 0 bridgehead atoms. The van der Waals surface area contributed by atoms with Gasteiger partial charge in [0.05, 0.1) is 18.4 Å². The third-order valence-electron chi connectivity index (χ3n) is 3.99. The fraction of sp³-hybridized carbons (Fsp3) is 0.833. The monoisotopic (exact) mass is 346 g/mol. The van der Waals surface area contributed by atoms with Crippen LogP contribution in [0.15, 0.2) is 0 Å². The summed E-state index contributed by atoms with van der Waals surface area (Å²) in [5.74, 6) is -0.170. The average Bonchev–Trinajstić information content (AvgIpc) is 3.02. The number of hydrogen-bond donors (Lipinski definition) is 1. The number of aliphatic hydroxyl groups excluding tert-OH is 1. The maximum atomic E-state index is 12.2. The molecule has 23 heavy (non-hydrogen) atoms. The van der Waals surface area contributed by atoms with Gasteiger partial charge in [-0.05, 0) is 17.4 Å². The lowest BCUT2D eigenvalue weighted by Crippen LogP contribution is -2.33. The molecule has 1 aromatic rings. The first-order chi connectivity index (χ1) is 10.7. The minimum absolute atomic E-state index is 0.149. The number of aryl methyl sites for hydroxylation is 2. The van der Waals surface area contributed by atoms with Gasteiger partial charge in [0.25, 0.3) is 0 Å². The first kappa shape index (κ1) is 17.8. The topological polar surface area (TPSA) is 122 Å². The van der Waals surface area contributed by atoms with Gasteiger partial charge in [0.15, 0.2) is 0 Å². The number of β-amino-alcohol motifs (C(OH)–C–C–N with tert-alkyl or cyclic N) is 1. The summed E-state index contributed by atoms with van der Waals surface area (Å²) in [6, 6.07) is 0. The minimum atomic E-state index is -3.41. The van der Waals surface area contributed by atoms with Crippen LogP contribution in [0.2, 0.25) is 0 Å². The van der Waals surface area contributed by atoms with Crippen LogP contribution in [-0.4, -0.2) is 87.9 Å². The van der Waals surface area contributed by atoms with E-state index in [0.29, 0.717) is 12.4 Å². The molecule has 1 amide bonds. The molecule has 2 heterocycles. The molecule has 0 aromatic carbocycles. The molecular weight excluding hydrogens is 324 g/mol. The Bertz CT molecular complexity index is 658. The van der Waals surface area contributed by atoms with E-state index in [0.717, 1.165) is 4.31 Å². The zero-order valence-corrected chi connectivity index (χ0v) is 14.3. The fourth-order valence-corrected chi connectivity index (χ4v) is 3.62. The Morgan fingerprint density at radius 3 is 2.65 bits per heavy atom. The fourth-order valence-electron chi connectivity index (χ4n) is 2.46. The first-order valence-electron chi connectivity index (χ1n) is 7.29. The molecule has 1 fully saturated rings. The Kier molecular flexibility index (Phi) is 5.32. The highest BCUT2D eigenvalue weighted by Crippen LogP contribution is 2.20. The molecule has 10 nitrogen and oxygen atoms in total. The van der Waals surface area contributed by atoms with Crippen molar-refractivity contribution >= 4 is 15.9 Å². The van der Waals surface area contributed by atoms with Gasteiger partial charge in [0, 0.05) is 39.5 Å². The Morgan fingerprint density at radius 1 is 1.39 bits per heavy atom. The molecular formula is C12H22N6O4S. The number of tetrazole rings is 1. The summed E-state index contributed by atoms with van der Waals surface area (Å²) in [7, 11) is -0.507. The van der Waals surface area contributed by atoms with Gasteiger partial charge in [-0.1, -0.05) is 0 Å². The van der Waals surface area contributed by atoms with Crippen molar-refractivity contribution in [2.45, 2.75) is 26.0 Å². The van der Waals surface area contributed by atoms with Crippen molar-refractivity contribution in [1.82, 2.24) is 29.4 Å². The van der Waals surface area contributed by atoms with Crippen LogP contribution < -0.4 is 0 Å². The molecule has 2 rings (SSSR count). The molecule has 1 aliphatic heterocycles. The van der Waals surface area contributed by atoms with Gasteiger partial charge in [-0.3, -0.25) is 4.79 Å². The highest BCUT2D eigenvalue weighted by atomic mass is 32.2. The number of sulfonamides is 1. The van der Waals surface area contributed by atoms with E-state index in [1.807, 2.05) is 0 Å². The van der Waals surface area contributed by atoms with E-state index in [-0.39, 0.29) is 31.2 Å². The number of aromatic nitrogens is 4. The van der Waals surface area contributed by atoms with Crippen molar-refractivity contribution in [3.8, 4) is 0 Å². The number of nitrogens with zero attached hydrogens (tertiary/aromatic N) is 6. The third-order valence-corrected chi connectivity index (χ3v) is 5.95. The zero-order valence-electron chi connectivity index (χ0n) is 13.5. The van der Waals surface area contributed by atoms with E-state index in [9.17, 15) is 18.3 Å². The molecule has 1 aliphatic rings. The summed E-state index contributed by atoms with van der Waals surface area (Å²) in [6.45, 7) is 2.49. The van der Waals surface area contributed by atoms with E-state index in [2.05, 4.69) is 15.5 Å². The minimum Gasteiger partial charge on any atom is -0.391 e. The standard InChI is InChI=1S/C12H22N6O4S/c1-9-13-14-15-18(9)5-4-12(20)17-6-10(11(19)7-17)8-23(21,22)16(2)3/h10-11,19H,4-8H2,1-3H3/t10-,11+/m0/s1. The highest BCUT2D eigenvalue weighted by Gasteiger charge is 2.37. The van der Waals surface area contributed by atoms with E-state index in [4.69, 9.17) is 0 Å². The molecule has 2 atom stereocenters. The van der Waals surface area contributed by atoms with Gasteiger partial charge in [-0.15, -0.1) is 5.10 Å². The maximum Gasteiger partial charge on any atom is 0.224 e. The Balaban J connectivity index is 1.90. The number of likely N-dealkylation sites (tertiary alicyclic amines) is 1. The predicted octanol–water partition coefficient (Wildman–Crippen LogP) is -1.92. The predicted molar refractivity (Wildman–Crippen MR) is 80.7 cm³/mol. The van der Waals surface area contributed by atoms with Crippen LogP contribution in [0.1, 0.15) is 12.2 Å². The smallest absolute Gasteiger partial charge is 0.224 e. The normalized spacial score (nSPS) is 22.0. The van der Waals surface area contributed by atoms with Crippen molar-refractivity contribution in [3.63, 3.8) is 0 Å². The number of hydrogen-bond acceptors (Lipinski definition) is 7. The van der Waals surface area contributed by atoms with Crippen LogP contribution in [0.3, 0.4) is 0 Å². The van der Waals surface area contributed by atoms with Gasteiger partial charge < -0.3 is 10.0 Å². The van der Waals surface area contributed by atoms with Crippen LogP contribution >= 0.6 is 0 Å². The summed E-state index contributed by atoms with van der Waals surface area (Å²) >= 11 is 0. The molecule has 0 radical (unpaired) electrons. The van der Waals surface area contributed by atoms with Crippen LogP contribution in [0.4, 0.5) is 0 Å². The first-order valence-corrected chi connectivity index (χ1v) is 8.90. The van der Waals surface area contributed by atoms with Crippen molar-refractivity contribution in [2.24, 2.45) is 5.92 Å². The lowest BCUT2D eigenvalue weighted by molar-refractivity contribution is -0.130. The van der Waals surface area contributed by atoms with Crippen molar-refractivity contribution < 1.29 is 18.3 Å². The molecule has 0 aliphatic carbocycles. The zero-order chi connectivity index (χ0) is 17.2. The molecule has 130 valence electrons. The van der Waals surface area contributed by atoms with E-state index in [1.165, 1.54) is 23.7 Å². The van der Waals surface area contributed by atoms with Crippen molar-refractivity contribution in [1.29, 1.82) is 0 Å². The second-order valence-corrected chi connectivity index (χ2v) is 8.11. The lowest BCUT2D eigenvalue weighted by Gasteiger charge is -2.18. The second-order valence-electron chi connectivity index (χ2n) is 5.89. The van der Waals surface area contributed by atoms with Crippen LogP contribution in [0.5, 0.6) is 0 Å². The van der Waals surface area contributed by atoms with Gasteiger partial charge in [0.2, 0.25) is 15.9 Å². The number of carbonyl (C=O) groups excluding carboxylic acids is 1. The summed E-state index contributed by atoms with van der Waals surface area (Å²) < 4.78 is 26.5. The van der Waals surface area contributed by atoms with E-state index < -0.39 is 22.0 Å². The number of carbonyl (C=O) groups is 1. The SMILES string of the molecule is Cc1nnnn1CCC(=O)N1C[C@@H](CS(=O)(=O)N(C)C)[C@H](O)C1. The number of amides is 1. The molecule has 1 saturated heterocycles. The molecule has 1 N–H and O–H groups in total. The average molecular weight is 346 g/mol. The van der Waals surface area contributed by atoms with Crippen LogP contribution in [-0.2, 0) is 21.4 Å². The van der Waals surface area contributed by atoms with Gasteiger partial charge in [-0.25, -0.2) is 17.4 Å². The summed E-state index contributed by atoms with van der Waals surface area (Å²) in [6.07, 6.45) is -0.630. The Labute approximate surface area is 135 Å². The second kappa shape index (κ2) is 6.89. The lowest BCUT2D eigenvalue weighted by atomic mass is 10.1. The maximum absolute atomic E-state index is 12.2. The van der Waals surface area contributed by atoms with E-state index in [1.54, 1.807) is 6.92 Å². The third kappa shape index (κ3) is 4.24. The van der Waals surface area contributed by atoms with Gasteiger partial charge >= 0.3 is 0 Å². The molecule has 1 aromatic heterocycles. The quantitative estimate of drug-likeness (QED) is 0.637. The van der Waals surface area contributed by atoms with Gasteiger partial charge in [-0.2, -0.15) is 0 Å². The van der Waals surface area contributed by atoms with E-state index >= 15 is 0 Å². The van der Waals surface area contributed by atoms with Gasteiger partial charge in [0.1, 0.15) is 5.82 Å². The van der Waals surface area contributed by atoms with Crippen LogP contribution in [0.25, 0.3) is 0 Å². The highest BCUT2D eigenvalue weighted by molar-refractivity contribution is 7.89. The Morgan fingerprint density at radius 2 is 2.09 bits per heavy atom. The number of rotatable bonds is 6. The number of aliphatic hydroxyl groups is 1. The largest absolute Gasteiger partial charge is 0.391 e.